The lowest BCUT2D eigenvalue weighted by atomic mass is 10.1. The molecule has 2 heterocycles. The molecule has 0 aliphatic carbocycles. The standard InChI is InChI=1S/C14H16BrClN2S/c1-2-5-18-12(13-3-4-14(16)19-13)7-10-6-11(15)9-17-8-10/h3-4,6,8-9,12,18H,2,5,7H2,1H3. The van der Waals surface area contributed by atoms with Gasteiger partial charge >= 0.3 is 0 Å². The van der Waals surface area contributed by atoms with Crippen LogP contribution in [-0.4, -0.2) is 11.5 Å². The normalized spacial score (nSPS) is 12.6. The second-order valence-corrected chi connectivity index (χ2v) is 7.03. The van der Waals surface area contributed by atoms with Crippen LogP contribution in [0.25, 0.3) is 0 Å². The Balaban J connectivity index is 2.13. The maximum Gasteiger partial charge on any atom is 0.0931 e. The summed E-state index contributed by atoms with van der Waals surface area (Å²) in [6.07, 6.45) is 5.76. The zero-order chi connectivity index (χ0) is 13.7. The lowest BCUT2D eigenvalue weighted by Crippen LogP contribution is -2.23. The Bertz CT molecular complexity index is 530. The van der Waals surface area contributed by atoms with Crippen LogP contribution in [0.3, 0.4) is 0 Å². The van der Waals surface area contributed by atoms with Gasteiger partial charge in [0, 0.05) is 27.8 Å². The third kappa shape index (κ3) is 4.56. The van der Waals surface area contributed by atoms with E-state index in [4.69, 9.17) is 11.6 Å². The number of thiophene rings is 1. The molecule has 0 radical (unpaired) electrons. The Morgan fingerprint density at radius 3 is 2.89 bits per heavy atom. The second-order valence-electron chi connectivity index (χ2n) is 4.36. The molecule has 19 heavy (non-hydrogen) atoms. The molecule has 0 aliphatic rings. The average molecular weight is 360 g/mol. The summed E-state index contributed by atoms with van der Waals surface area (Å²) in [5.74, 6) is 0. The molecule has 1 N–H and O–H groups in total. The van der Waals surface area contributed by atoms with Crippen LogP contribution in [0.15, 0.2) is 35.1 Å². The number of hydrogen-bond acceptors (Lipinski definition) is 3. The van der Waals surface area contributed by atoms with Crippen LogP contribution in [0.2, 0.25) is 4.34 Å². The van der Waals surface area contributed by atoms with Gasteiger partial charge in [0.1, 0.15) is 0 Å². The van der Waals surface area contributed by atoms with Crippen LogP contribution in [0.4, 0.5) is 0 Å². The fourth-order valence-corrected chi connectivity index (χ4v) is 3.46. The lowest BCUT2D eigenvalue weighted by molar-refractivity contribution is 0.536. The lowest BCUT2D eigenvalue weighted by Gasteiger charge is -2.17. The summed E-state index contributed by atoms with van der Waals surface area (Å²) >= 11 is 11.1. The molecule has 1 atom stereocenters. The van der Waals surface area contributed by atoms with Gasteiger partial charge in [0.05, 0.1) is 4.34 Å². The largest absolute Gasteiger partial charge is 0.309 e. The molecule has 5 heteroatoms. The number of pyridine rings is 1. The Kier molecular flexibility index (Phi) is 5.82. The highest BCUT2D eigenvalue weighted by molar-refractivity contribution is 9.10. The molecule has 0 amide bonds. The Morgan fingerprint density at radius 2 is 2.26 bits per heavy atom. The zero-order valence-corrected chi connectivity index (χ0v) is 13.9. The van der Waals surface area contributed by atoms with E-state index in [1.165, 1.54) is 10.4 Å². The van der Waals surface area contributed by atoms with Crippen molar-refractivity contribution < 1.29 is 0 Å². The van der Waals surface area contributed by atoms with Crippen molar-refractivity contribution in [3.8, 4) is 0 Å². The van der Waals surface area contributed by atoms with E-state index in [2.05, 4.69) is 45.3 Å². The van der Waals surface area contributed by atoms with Gasteiger partial charge < -0.3 is 5.32 Å². The van der Waals surface area contributed by atoms with Crippen LogP contribution >= 0.6 is 38.9 Å². The van der Waals surface area contributed by atoms with Crippen LogP contribution < -0.4 is 5.32 Å². The van der Waals surface area contributed by atoms with Gasteiger partial charge in [-0.15, -0.1) is 11.3 Å². The van der Waals surface area contributed by atoms with E-state index in [0.717, 1.165) is 28.2 Å². The van der Waals surface area contributed by atoms with E-state index in [1.807, 2.05) is 12.3 Å². The van der Waals surface area contributed by atoms with Crippen LogP contribution in [-0.2, 0) is 6.42 Å². The first-order chi connectivity index (χ1) is 9.19. The Morgan fingerprint density at radius 1 is 1.42 bits per heavy atom. The van der Waals surface area contributed by atoms with Gasteiger partial charge in [-0.3, -0.25) is 4.98 Å². The highest BCUT2D eigenvalue weighted by Crippen LogP contribution is 2.29. The molecule has 0 aliphatic heterocycles. The SMILES string of the molecule is CCCNC(Cc1cncc(Br)c1)c1ccc(Cl)s1. The fourth-order valence-electron chi connectivity index (χ4n) is 1.91. The van der Waals surface area contributed by atoms with E-state index in [9.17, 15) is 0 Å². The number of aromatic nitrogens is 1. The number of nitrogens with one attached hydrogen (secondary N) is 1. The van der Waals surface area contributed by atoms with Crippen molar-refractivity contribution in [1.29, 1.82) is 0 Å². The van der Waals surface area contributed by atoms with Gasteiger partial charge in [0.25, 0.3) is 0 Å². The molecule has 2 aromatic heterocycles. The molecule has 0 aromatic carbocycles. The van der Waals surface area contributed by atoms with Crippen LogP contribution in [0.1, 0.15) is 29.8 Å². The molecule has 1 unspecified atom stereocenters. The number of halogens is 2. The van der Waals surface area contributed by atoms with Crippen LogP contribution in [0.5, 0.6) is 0 Å². The van der Waals surface area contributed by atoms with E-state index in [0.29, 0.717) is 6.04 Å². The third-order valence-electron chi connectivity index (χ3n) is 2.78. The van der Waals surface area contributed by atoms with Crippen molar-refractivity contribution in [3.63, 3.8) is 0 Å². The molecule has 2 rings (SSSR count). The topological polar surface area (TPSA) is 24.9 Å². The quantitative estimate of drug-likeness (QED) is 0.798. The minimum absolute atomic E-state index is 0.300. The maximum absolute atomic E-state index is 6.04. The van der Waals surface area contributed by atoms with E-state index < -0.39 is 0 Å². The highest BCUT2D eigenvalue weighted by atomic mass is 79.9. The second kappa shape index (κ2) is 7.39. The van der Waals surface area contributed by atoms with Gasteiger partial charge in [0.2, 0.25) is 0 Å². The van der Waals surface area contributed by atoms with Gasteiger partial charge in [0.15, 0.2) is 0 Å². The summed E-state index contributed by atoms with van der Waals surface area (Å²) in [4.78, 5) is 5.50. The Labute approximate surface area is 131 Å². The summed E-state index contributed by atoms with van der Waals surface area (Å²) in [6, 6.07) is 6.48. The number of hydrogen-bond donors (Lipinski definition) is 1. The predicted octanol–water partition coefficient (Wildman–Crippen LogP) is 4.84. The highest BCUT2D eigenvalue weighted by Gasteiger charge is 2.14. The van der Waals surface area contributed by atoms with Gasteiger partial charge in [-0.2, -0.15) is 0 Å². The summed E-state index contributed by atoms with van der Waals surface area (Å²) in [6.45, 7) is 3.17. The van der Waals surface area contributed by atoms with E-state index in [1.54, 1.807) is 17.5 Å². The summed E-state index contributed by atoms with van der Waals surface area (Å²) in [5, 5.41) is 3.58. The van der Waals surface area contributed by atoms with E-state index in [-0.39, 0.29) is 0 Å². The van der Waals surface area contributed by atoms with Gasteiger partial charge in [-0.25, -0.2) is 0 Å². The maximum atomic E-state index is 6.04. The number of rotatable bonds is 6. The molecular formula is C14H16BrClN2S. The predicted molar refractivity (Wildman–Crippen MR) is 86.0 cm³/mol. The van der Waals surface area contributed by atoms with Gasteiger partial charge in [-0.1, -0.05) is 18.5 Å². The first-order valence-electron chi connectivity index (χ1n) is 6.27. The zero-order valence-electron chi connectivity index (χ0n) is 10.7. The van der Waals surface area contributed by atoms with Crippen molar-refractivity contribution in [2.24, 2.45) is 0 Å². The van der Waals surface area contributed by atoms with Crippen LogP contribution in [0, 0.1) is 0 Å². The minimum Gasteiger partial charge on any atom is -0.309 e. The molecule has 2 aromatic rings. The molecule has 0 saturated heterocycles. The average Bonchev–Trinajstić information content (AvgIpc) is 2.81. The Hall–Kier alpha value is -0.420. The van der Waals surface area contributed by atoms with E-state index >= 15 is 0 Å². The molecule has 0 bridgehead atoms. The summed E-state index contributed by atoms with van der Waals surface area (Å²) < 4.78 is 1.86. The van der Waals surface area contributed by atoms with Crippen molar-refractivity contribution in [3.05, 3.63) is 49.8 Å². The van der Waals surface area contributed by atoms with Crippen molar-refractivity contribution in [1.82, 2.24) is 10.3 Å². The third-order valence-corrected chi connectivity index (χ3v) is 4.56. The monoisotopic (exact) mass is 358 g/mol. The fraction of sp³-hybridized carbons (Fsp3) is 0.357. The minimum atomic E-state index is 0.300. The summed E-state index contributed by atoms with van der Waals surface area (Å²) in [7, 11) is 0. The first kappa shape index (κ1) is 15.0. The molecule has 0 fully saturated rings. The molecule has 0 saturated carbocycles. The molecule has 0 spiro atoms. The van der Waals surface area contributed by atoms with Gasteiger partial charge in [-0.05, 0) is 59.1 Å². The molecule has 2 nitrogen and oxygen atoms in total. The van der Waals surface area contributed by atoms with Crippen molar-refractivity contribution >= 4 is 38.9 Å². The first-order valence-corrected chi connectivity index (χ1v) is 8.26. The van der Waals surface area contributed by atoms with Crippen molar-refractivity contribution in [2.75, 3.05) is 6.54 Å². The summed E-state index contributed by atoms with van der Waals surface area (Å²) in [5.41, 5.74) is 1.22. The number of nitrogens with zero attached hydrogens (tertiary/aromatic N) is 1. The molecule has 102 valence electrons. The smallest absolute Gasteiger partial charge is 0.0931 e. The molecular weight excluding hydrogens is 344 g/mol. The van der Waals surface area contributed by atoms with Crippen molar-refractivity contribution in [2.45, 2.75) is 25.8 Å².